The van der Waals surface area contributed by atoms with E-state index in [1.54, 1.807) is 0 Å². The summed E-state index contributed by atoms with van der Waals surface area (Å²) >= 11 is 0. The van der Waals surface area contributed by atoms with E-state index < -0.39 is 0 Å². The maximum atomic E-state index is 4.59. The molecule has 2 heteroatoms. The summed E-state index contributed by atoms with van der Waals surface area (Å²) in [5, 5.41) is 5.84. The van der Waals surface area contributed by atoms with Crippen LogP contribution in [0.5, 0.6) is 0 Å². The van der Waals surface area contributed by atoms with Gasteiger partial charge in [-0.25, -0.2) is 0 Å². The number of nitrogens with zero attached hydrogens (tertiary/aromatic N) is 2. The van der Waals surface area contributed by atoms with Gasteiger partial charge in [-0.2, -0.15) is 5.10 Å². The third kappa shape index (κ3) is 1.14. The Hall–Kier alpha value is -1.31. The molecule has 1 saturated carbocycles. The summed E-state index contributed by atoms with van der Waals surface area (Å²) < 4.78 is 2.14. The van der Waals surface area contributed by atoms with E-state index in [0.717, 1.165) is 11.4 Å². The Balaban J connectivity index is 1.99. The third-order valence-corrected chi connectivity index (χ3v) is 3.15. The fraction of sp³-hybridized carbons (Fsp3) is 0.417. The van der Waals surface area contributed by atoms with Gasteiger partial charge in [-0.1, -0.05) is 25.1 Å². The number of hydrogen-bond donors (Lipinski definition) is 0. The fourth-order valence-electron chi connectivity index (χ4n) is 2.25. The lowest BCUT2D eigenvalue weighted by atomic mass is 9.82. The number of fused-ring (bicyclic) bond motifs is 1. The molecular formula is C12H14N2. The van der Waals surface area contributed by atoms with Crippen molar-refractivity contribution < 1.29 is 0 Å². The minimum Gasteiger partial charge on any atom is -0.268 e. The molecule has 0 atom stereocenters. The second-order valence-corrected chi connectivity index (χ2v) is 4.40. The lowest BCUT2D eigenvalue weighted by Crippen LogP contribution is -2.24. The summed E-state index contributed by atoms with van der Waals surface area (Å²) in [6.07, 6.45) is 4.74. The Morgan fingerprint density at radius 3 is 2.79 bits per heavy atom. The number of hydrogen-bond acceptors (Lipinski definition) is 1. The van der Waals surface area contributed by atoms with Crippen LogP contribution in [0.25, 0.3) is 10.9 Å². The maximum Gasteiger partial charge on any atom is 0.0923 e. The summed E-state index contributed by atoms with van der Waals surface area (Å²) in [5.74, 6) is 0.882. The lowest BCUT2D eigenvalue weighted by Gasteiger charge is -2.32. The van der Waals surface area contributed by atoms with Crippen LogP contribution in [-0.4, -0.2) is 9.78 Å². The molecule has 1 aromatic carbocycles. The molecule has 0 aliphatic heterocycles. The van der Waals surface area contributed by atoms with Crippen LogP contribution in [-0.2, 0) is 0 Å². The first-order valence-electron chi connectivity index (χ1n) is 5.27. The molecule has 0 saturated heterocycles. The average Bonchev–Trinajstić information content (AvgIpc) is 2.55. The molecule has 14 heavy (non-hydrogen) atoms. The molecule has 72 valence electrons. The molecule has 2 nitrogen and oxygen atoms in total. The Labute approximate surface area is 83.5 Å². The van der Waals surface area contributed by atoms with E-state index in [4.69, 9.17) is 0 Å². The van der Waals surface area contributed by atoms with Gasteiger partial charge in [0.05, 0.1) is 11.6 Å². The molecule has 0 unspecified atom stereocenters. The molecule has 2 aromatic rings. The van der Waals surface area contributed by atoms with Crippen LogP contribution in [0.1, 0.15) is 25.8 Å². The predicted molar refractivity (Wildman–Crippen MR) is 57.2 cm³/mol. The standard InChI is InChI=1S/C12H14N2/c1-9-6-11(7-9)14-8-10-4-2-3-5-12(10)13-14/h2-5,8-9,11H,6-7H2,1H3. The van der Waals surface area contributed by atoms with Crippen LogP contribution in [0.3, 0.4) is 0 Å². The van der Waals surface area contributed by atoms with Gasteiger partial charge < -0.3 is 0 Å². The summed E-state index contributed by atoms with van der Waals surface area (Å²) in [7, 11) is 0. The molecule has 0 radical (unpaired) electrons. The van der Waals surface area contributed by atoms with E-state index in [-0.39, 0.29) is 0 Å². The summed E-state index contributed by atoms with van der Waals surface area (Å²) in [5.41, 5.74) is 1.12. The first-order chi connectivity index (χ1) is 6.83. The maximum absolute atomic E-state index is 4.59. The SMILES string of the molecule is CC1CC(n2cc3ccccc3n2)C1. The summed E-state index contributed by atoms with van der Waals surface area (Å²) in [6.45, 7) is 2.31. The Bertz CT molecular complexity index is 419. The lowest BCUT2D eigenvalue weighted by molar-refractivity contribution is 0.201. The van der Waals surface area contributed by atoms with E-state index in [1.807, 2.05) is 6.07 Å². The second kappa shape index (κ2) is 2.84. The van der Waals surface area contributed by atoms with Gasteiger partial charge in [0.15, 0.2) is 0 Å². The number of rotatable bonds is 1. The molecule has 3 rings (SSSR count). The summed E-state index contributed by atoms with van der Waals surface area (Å²) in [6, 6.07) is 8.97. The molecule has 1 aliphatic rings. The monoisotopic (exact) mass is 186 g/mol. The minimum absolute atomic E-state index is 0.650. The van der Waals surface area contributed by atoms with Gasteiger partial charge in [-0.15, -0.1) is 0 Å². The molecule has 0 spiro atoms. The van der Waals surface area contributed by atoms with Crippen molar-refractivity contribution in [2.75, 3.05) is 0 Å². The smallest absolute Gasteiger partial charge is 0.0923 e. The Kier molecular flexibility index (Phi) is 1.63. The number of aromatic nitrogens is 2. The Morgan fingerprint density at radius 1 is 1.29 bits per heavy atom. The third-order valence-electron chi connectivity index (χ3n) is 3.15. The van der Waals surface area contributed by atoms with E-state index >= 15 is 0 Å². The van der Waals surface area contributed by atoms with Crippen molar-refractivity contribution in [1.82, 2.24) is 9.78 Å². The van der Waals surface area contributed by atoms with Gasteiger partial charge in [0.1, 0.15) is 0 Å². The van der Waals surface area contributed by atoms with Gasteiger partial charge in [-0.05, 0) is 24.8 Å². The normalized spacial score (nSPS) is 26.4. The van der Waals surface area contributed by atoms with Crippen molar-refractivity contribution in [3.8, 4) is 0 Å². The van der Waals surface area contributed by atoms with Gasteiger partial charge in [-0.3, -0.25) is 4.68 Å². The molecule has 0 N–H and O–H groups in total. The average molecular weight is 186 g/mol. The first-order valence-corrected chi connectivity index (χ1v) is 5.27. The van der Waals surface area contributed by atoms with Gasteiger partial charge >= 0.3 is 0 Å². The minimum atomic E-state index is 0.650. The van der Waals surface area contributed by atoms with Crippen molar-refractivity contribution in [2.24, 2.45) is 5.92 Å². The van der Waals surface area contributed by atoms with Crippen molar-refractivity contribution in [2.45, 2.75) is 25.8 Å². The van der Waals surface area contributed by atoms with Gasteiger partial charge in [0, 0.05) is 11.6 Å². The fourth-order valence-corrected chi connectivity index (χ4v) is 2.25. The zero-order valence-electron chi connectivity index (χ0n) is 8.35. The molecule has 1 fully saturated rings. The van der Waals surface area contributed by atoms with E-state index in [0.29, 0.717) is 6.04 Å². The first kappa shape index (κ1) is 8.04. The van der Waals surface area contributed by atoms with E-state index in [2.05, 4.69) is 41.1 Å². The van der Waals surface area contributed by atoms with Crippen LogP contribution in [0.15, 0.2) is 30.5 Å². The highest BCUT2D eigenvalue weighted by Crippen LogP contribution is 2.37. The van der Waals surface area contributed by atoms with Crippen molar-refractivity contribution in [3.05, 3.63) is 30.5 Å². The van der Waals surface area contributed by atoms with Crippen molar-refractivity contribution in [3.63, 3.8) is 0 Å². The molecular weight excluding hydrogens is 172 g/mol. The number of benzene rings is 1. The highest BCUT2D eigenvalue weighted by atomic mass is 15.3. The highest BCUT2D eigenvalue weighted by molar-refractivity contribution is 5.77. The molecule has 1 heterocycles. The van der Waals surface area contributed by atoms with Crippen molar-refractivity contribution in [1.29, 1.82) is 0 Å². The quantitative estimate of drug-likeness (QED) is 0.669. The molecule has 1 aliphatic carbocycles. The Morgan fingerprint density at radius 2 is 2.07 bits per heavy atom. The van der Waals surface area contributed by atoms with Crippen LogP contribution in [0, 0.1) is 5.92 Å². The largest absolute Gasteiger partial charge is 0.268 e. The van der Waals surface area contributed by atoms with E-state index in [1.165, 1.54) is 18.2 Å². The van der Waals surface area contributed by atoms with Gasteiger partial charge in [0.25, 0.3) is 0 Å². The van der Waals surface area contributed by atoms with Gasteiger partial charge in [0.2, 0.25) is 0 Å². The highest BCUT2D eigenvalue weighted by Gasteiger charge is 2.27. The zero-order valence-corrected chi connectivity index (χ0v) is 8.35. The zero-order chi connectivity index (χ0) is 9.54. The molecule has 1 aromatic heterocycles. The second-order valence-electron chi connectivity index (χ2n) is 4.40. The van der Waals surface area contributed by atoms with Crippen LogP contribution < -0.4 is 0 Å². The topological polar surface area (TPSA) is 17.8 Å². The molecule has 0 bridgehead atoms. The molecule has 0 amide bonds. The van der Waals surface area contributed by atoms with Crippen molar-refractivity contribution >= 4 is 10.9 Å². The van der Waals surface area contributed by atoms with Crippen LogP contribution in [0.2, 0.25) is 0 Å². The predicted octanol–water partition coefficient (Wildman–Crippen LogP) is 3.01. The summed E-state index contributed by atoms with van der Waals surface area (Å²) in [4.78, 5) is 0. The van der Waals surface area contributed by atoms with Crippen LogP contribution >= 0.6 is 0 Å². The van der Waals surface area contributed by atoms with E-state index in [9.17, 15) is 0 Å². The van der Waals surface area contributed by atoms with Crippen LogP contribution in [0.4, 0.5) is 0 Å².